The fourth-order valence-corrected chi connectivity index (χ4v) is 2.73. The van der Waals surface area contributed by atoms with Gasteiger partial charge in [0.1, 0.15) is 11.6 Å². The molecule has 0 aliphatic rings. The van der Waals surface area contributed by atoms with Crippen LogP contribution < -0.4 is 10.6 Å². The van der Waals surface area contributed by atoms with E-state index in [1.54, 1.807) is 0 Å². The summed E-state index contributed by atoms with van der Waals surface area (Å²) in [5, 5.41) is 19.3. The van der Waals surface area contributed by atoms with Gasteiger partial charge in [-0.15, -0.1) is 0 Å². The van der Waals surface area contributed by atoms with Crippen LogP contribution in [0, 0.1) is 19.8 Å². The van der Waals surface area contributed by atoms with E-state index < -0.39 is 0 Å². The van der Waals surface area contributed by atoms with Crippen molar-refractivity contribution in [2.45, 2.75) is 46.7 Å². The summed E-state index contributed by atoms with van der Waals surface area (Å²) in [7, 11) is 0. The Balaban J connectivity index is 1.98. The van der Waals surface area contributed by atoms with E-state index >= 15 is 0 Å². The van der Waals surface area contributed by atoms with Crippen molar-refractivity contribution in [2.24, 2.45) is 5.92 Å². The van der Waals surface area contributed by atoms with Gasteiger partial charge in [-0.2, -0.15) is 5.10 Å². The number of anilines is 1. The van der Waals surface area contributed by atoms with E-state index in [-0.39, 0.29) is 18.7 Å². The van der Waals surface area contributed by atoms with Crippen LogP contribution in [0.15, 0.2) is 24.3 Å². The molecule has 1 heterocycles. The second-order valence-corrected chi connectivity index (χ2v) is 6.67. The van der Waals surface area contributed by atoms with Crippen LogP contribution in [0.3, 0.4) is 0 Å². The molecule has 0 spiro atoms. The minimum Gasteiger partial charge on any atom is -0.394 e. The number of nitrogens with one attached hydrogen (secondary N) is 2. The second kappa shape index (κ2) is 8.62. The maximum Gasteiger partial charge on any atom is 0.319 e. The molecule has 0 aliphatic carbocycles. The molecule has 0 aliphatic heterocycles. The Morgan fingerprint density at radius 2 is 2.08 bits per heavy atom. The molecule has 1 aromatic heterocycles. The maximum absolute atomic E-state index is 12.1. The highest BCUT2D eigenvalue weighted by molar-refractivity contribution is 5.89. The van der Waals surface area contributed by atoms with E-state index in [0.29, 0.717) is 18.2 Å². The van der Waals surface area contributed by atoms with Crippen LogP contribution in [0.4, 0.5) is 10.5 Å². The first-order valence-electron chi connectivity index (χ1n) is 8.52. The molecule has 0 radical (unpaired) electrons. The Morgan fingerprint density at radius 1 is 1.32 bits per heavy atom. The highest BCUT2D eigenvalue weighted by atomic mass is 16.3. The van der Waals surface area contributed by atoms with Crippen LogP contribution in [0.1, 0.15) is 37.5 Å². The summed E-state index contributed by atoms with van der Waals surface area (Å²) in [6.45, 7) is 8.41. The number of carbonyl (C=O) groups excluding carboxylic acids is 1. The Kier molecular flexibility index (Phi) is 6.52. The van der Waals surface area contributed by atoms with Crippen molar-refractivity contribution in [3.05, 3.63) is 41.5 Å². The molecule has 7 heteroatoms. The van der Waals surface area contributed by atoms with Gasteiger partial charge in [-0.25, -0.2) is 14.5 Å². The third-order valence-corrected chi connectivity index (χ3v) is 3.79. The minimum absolute atomic E-state index is 0.0729. The van der Waals surface area contributed by atoms with E-state index in [1.807, 2.05) is 42.8 Å². The van der Waals surface area contributed by atoms with Gasteiger partial charge in [0.25, 0.3) is 0 Å². The summed E-state index contributed by atoms with van der Waals surface area (Å²) in [4.78, 5) is 16.4. The molecular weight excluding hydrogens is 318 g/mol. The monoisotopic (exact) mass is 345 g/mol. The quantitative estimate of drug-likeness (QED) is 0.719. The molecule has 7 nitrogen and oxygen atoms in total. The third-order valence-electron chi connectivity index (χ3n) is 3.79. The van der Waals surface area contributed by atoms with Crippen molar-refractivity contribution in [2.75, 3.05) is 11.9 Å². The topological polar surface area (TPSA) is 92.1 Å². The standard InChI is InChI=1S/C18H27N5O2/c1-12(2)8-17(11-24)21-18(25)20-16-7-5-6-15(9-16)10-23-14(4)19-13(3)22-23/h5-7,9,12,17,24H,8,10-11H2,1-4H3,(H2,20,21,25). The van der Waals surface area contributed by atoms with Gasteiger partial charge >= 0.3 is 6.03 Å². The van der Waals surface area contributed by atoms with Gasteiger partial charge in [0.2, 0.25) is 0 Å². The van der Waals surface area contributed by atoms with E-state index in [0.717, 1.165) is 23.6 Å². The smallest absolute Gasteiger partial charge is 0.319 e. The number of amides is 2. The van der Waals surface area contributed by atoms with E-state index in [4.69, 9.17) is 0 Å². The number of aromatic nitrogens is 3. The van der Waals surface area contributed by atoms with Gasteiger partial charge in [-0.3, -0.25) is 0 Å². The summed E-state index contributed by atoms with van der Waals surface area (Å²) in [5.74, 6) is 1.99. The lowest BCUT2D eigenvalue weighted by molar-refractivity contribution is 0.214. The van der Waals surface area contributed by atoms with Crippen LogP contribution in [0.5, 0.6) is 0 Å². The molecule has 1 unspecified atom stereocenters. The fraction of sp³-hybridized carbons (Fsp3) is 0.500. The Bertz CT molecular complexity index is 711. The van der Waals surface area contributed by atoms with Crippen molar-refractivity contribution in [1.29, 1.82) is 0 Å². The zero-order chi connectivity index (χ0) is 18.4. The number of aliphatic hydroxyl groups excluding tert-OH is 1. The number of aryl methyl sites for hydroxylation is 2. The Labute approximate surface area is 148 Å². The highest BCUT2D eigenvalue weighted by Gasteiger charge is 2.13. The molecule has 1 atom stereocenters. The number of benzene rings is 1. The summed E-state index contributed by atoms with van der Waals surface area (Å²) >= 11 is 0. The van der Waals surface area contributed by atoms with Crippen molar-refractivity contribution in [1.82, 2.24) is 20.1 Å². The van der Waals surface area contributed by atoms with Crippen molar-refractivity contribution in [3.63, 3.8) is 0 Å². The number of nitrogens with zero attached hydrogens (tertiary/aromatic N) is 3. The van der Waals surface area contributed by atoms with Crippen LogP contribution in [-0.2, 0) is 6.54 Å². The number of hydrogen-bond donors (Lipinski definition) is 3. The van der Waals surface area contributed by atoms with Crippen LogP contribution in [0.2, 0.25) is 0 Å². The lowest BCUT2D eigenvalue weighted by Crippen LogP contribution is -2.40. The molecule has 0 saturated heterocycles. The SMILES string of the molecule is Cc1nc(C)n(Cc2cccc(NC(=O)NC(CO)CC(C)C)c2)n1. The average Bonchev–Trinajstić information content (AvgIpc) is 2.84. The number of carbonyl (C=O) groups is 1. The molecule has 2 aromatic rings. The van der Waals surface area contributed by atoms with Gasteiger partial charge in [0.05, 0.1) is 19.2 Å². The number of urea groups is 1. The first kappa shape index (κ1) is 18.9. The Morgan fingerprint density at radius 3 is 2.68 bits per heavy atom. The fourth-order valence-electron chi connectivity index (χ4n) is 2.73. The summed E-state index contributed by atoms with van der Waals surface area (Å²) in [5.41, 5.74) is 1.72. The summed E-state index contributed by atoms with van der Waals surface area (Å²) in [6.07, 6.45) is 0.731. The third kappa shape index (κ3) is 5.86. The molecule has 1 aromatic carbocycles. The normalized spacial score (nSPS) is 12.2. The molecular formula is C18H27N5O2. The van der Waals surface area contributed by atoms with Crippen molar-refractivity contribution in [3.8, 4) is 0 Å². The van der Waals surface area contributed by atoms with Crippen molar-refractivity contribution < 1.29 is 9.90 Å². The van der Waals surface area contributed by atoms with Crippen molar-refractivity contribution >= 4 is 11.7 Å². The molecule has 2 rings (SSSR count). The van der Waals surface area contributed by atoms with Gasteiger partial charge in [-0.05, 0) is 43.9 Å². The number of rotatable bonds is 7. The molecule has 2 amide bonds. The number of hydrogen-bond acceptors (Lipinski definition) is 4. The summed E-state index contributed by atoms with van der Waals surface area (Å²) in [6, 6.07) is 7.05. The van der Waals surface area contributed by atoms with Gasteiger partial charge in [0.15, 0.2) is 0 Å². The second-order valence-electron chi connectivity index (χ2n) is 6.67. The predicted molar refractivity (Wildman–Crippen MR) is 97.5 cm³/mol. The van der Waals surface area contributed by atoms with Crippen LogP contribution in [0.25, 0.3) is 0 Å². The van der Waals surface area contributed by atoms with Crippen LogP contribution in [-0.4, -0.2) is 38.6 Å². The lowest BCUT2D eigenvalue weighted by Gasteiger charge is -2.18. The Hall–Kier alpha value is -2.41. The maximum atomic E-state index is 12.1. The van der Waals surface area contributed by atoms with Crippen LogP contribution >= 0.6 is 0 Å². The molecule has 136 valence electrons. The zero-order valence-electron chi connectivity index (χ0n) is 15.3. The highest BCUT2D eigenvalue weighted by Crippen LogP contribution is 2.13. The predicted octanol–water partition coefficient (Wildman–Crippen LogP) is 2.47. The lowest BCUT2D eigenvalue weighted by atomic mass is 10.0. The molecule has 0 saturated carbocycles. The zero-order valence-corrected chi connectivity index (χ0v) is 15.3. The molecule has 0 fully saturated rings. The average molecular weight is 345 g/mol. The summed E-state index contributed by atoms with van der Waals surface area (Å²) < 4.78 is 1.83. The number of aliphatic hydroxyl groups is 1. The first-order valence-corrected chi connectivity index (χ1v) is 8.52. The van der Waals surface area contributed by atoms with E-state index in [9.17, 15) is 9.90 Å². The molecule has 25 heavy (non-hydrogen) atoms. The van der Waals surface area contributed by atoms with Gasteiger partial charge in [-0.1, -0.05) is 26.0 Å². The van der Waals surface area contributed by atoms with E-state index in [2.05, 4.69) is 34.6 Å². The minimum atomic E-state index is -0.315. The van der Waals surface area contributed by atoms with E-state index in [1.165, 1.54) is 0 Å². The molecule has 0 bridgehead atoms. The largest absolute Gasteiger partial charge is 0.394 e. The molecule has 3 N–H and O–H groups in total. The van der Waals surface area contributed by atoms with Gasteiger partial charge in [0, 0.05) is 5.69 Å². The first-order chi connectivity index (χ1) is 11.9. The van der Waals surface area contributed by atoms with Gasteiger partial charge < -0.3 is 15.7 Å².